The molecule has 0 aromatic rings. The summed E-state index contributed by atoms with van der Waals surface area (Å²) in [7, 11) is 0. The largest absolute Gasteiger partial charge is 0.425 e. The number of rotatable bonds is 4. The summed E-state index contributed by atoms with van der Waals surface area (Å²) in [6.07, 6.45) is 4.36. The van der Waals surface area contributed by atoms with Crippen molar-refractivity contribution in [3.05, 3.63) is 0 Å². The molecule has 0 saturated heterocycles. The van der Waals surface area contributed by atoms with Crippen LogP contribution in [0.25, 0.3) is 0 Å². The Hall–Kier alpha value is -0.710. The first kappa shape index (κ1) is 14.4. The molecule has 0 radical (unpaired) electrons. The van der Waals surface area contributed by atoms with Crippen LogP contribution in [0.2, 0.25) is 0 Å². The third-order valence-electron chi connectivity index (χ3n) is 2.75. The number of hydrogen-bond acceptors (Lipinski definition) is 5. The fourth-order valence-corrected chi connectivity index (χ4v) is 2.35. The Morgan fingerprint density at radius 2 is 1.88 bits per heavy atom. The highest BCUT2D eigenvalue weighted by atomic mass is 32.2. The molecule has 1 rings (SSSR count). The van der Waals surface area contributed by atoms with Gasteiger partial charge in [0.05, 0.1) is 5.92 Å². The van der Waals surface area contributed by atoms with Gasteiger partial charge in [0.15, 0.2) is 0 Å². The van der Waals surface area contributed by atoms with Crippen LogP contribution in [-0.4, -0.2) is 23.3 Å². The number of carbonyl (C=O) groups excluding carboxylic acids is 2. The first-order chi connectivity index (χ1) is 8.13. The minimum absolute atomic E-state index is 0.0104. The first-order valence-electron chi connectivity index (χ1n) is 6.17. The van der Waals surface area contributed by atoms with Crippen LogP contribution >= 0.6 is 11.8 Å². The molecule has 0 aromatic heterocycles. The highest BCUT2D eigenvalue weighted by Crippen LogP contribution is 2.25. The van der Waals surface area contributed by atoms with Crippen LogP contribution < -0.4 is 0 Å². The van der Waals surface area contributed by atoms with Gasteiger partial charge in [-0.25, -0.2) is 4.79 Å². The molecule has 1 saturated carbocycles. The van der Waals surface area contributed by atoms with Crippen molar-refractivity contribution in [3.8, 4) is 0 Å². The van der Waals surface area contributed by atoms with Gasteiger partial charge >= 0.3 is 11.3 Å². The lowest BCUT2D eigenvalue weighted by molar-refractivity contribution is -0.169. The van der Waals surface area contributed by atoms with Gasteiger partial charge in [-0.05, 0) is 24.6 Å². The smallest absolute Gasteiger partial charge is 0.370 e. The van der Waals surface area contributed by atoms with E-state index in [1.807, 2.05) is 6.92 Å². The molecule has 1 aliphatic carbocycles. The molecule has 0 amide bonds. The van der Waals surface area contributed by atoms with Gasteiger partial charge in [0, 0.05) is 12.7 Å². The van der Waals surface area contributed by atoms with Crippen molar-refractivity contribution in [2.24, 2.45) is 5.92 Å². The average molecular weight is 260 g/mol. The van der Waals surface area contributed by atoms with E-state index in [1.165, 1.54) is 6.42 Å². The van der Waals surface area contributed by atoms with Gasteiger partial charge in [0.2, 0.25) is 6.29 Å². The Labute approximate surface area is 106 Å². The van der Waals surface area contributed by atoms with Crippen molar-refractivity contribution < 1.29 is 19.1 Å². The van der Waals surface area contributed by atoms with E-state index in [1.54, 1.807) is 6.92 Å². The molecule has 1 atom stereocenters. The summed E-state index contributed by atoms with van der Waals surface area (Å²) in [4.78, 5) is 22.9. The van der Waals surface area contributed by atoms with E-state index in [2.05, 4.69) is 0 Å². The van der Waals surface area contributed by atoms with Crippen LogP contribution in [0, 0.1) is 5.92 Å². The maximum Gasteiger partial charge on any atom is 0.370 e. The van der Waals surface area contributed by atoms with E-state index in [0.717, 1.165) is 37.4 Å². The Morgan fingerprint density at radius 1 is 1.24 bits per heavy atom. The Kier molecular flexibility index (Phi) is 6.40. The van der Waals surface area contributed by atoms with Crippen LogP contribution in [0.4, 0.5) is 4.79 Å². The molecule has 1 fully saturated rings. The molecule has 1 aliphatic rings. The SMILES string of the molecule is CCSC(=O)OC(C)OC(=O)C1CCCCC1. The molecule has 5 heteroatoms. The summed E-state index contributed by atoms with van der Waals surface area (Å²) in [5.41, 5.74) is 0. The fraction of sp³-hybridized carbons (Fsp3) is 0.833. The summed E-state index contributed by atoms with van der Waals surface area (Å²) in [5, 5.41) is -0.392. The van der Waals surface area contributed by atoms with E-state index < -0.39 is 11.6 Å². The van der Waals surface area contributed by atoms with Gasteiger partial charge in [-0.3, -0.25) is 4.79 Å². The van der Waals surface area contributed by atoms with E-state index in [9.17, 15) is 9.59 Å². The van der Waals surface area contributed by atoms with Crippen molar-refractivity contribution >= 4 is 23.0 Å². The molecule has 0 heterocycles. The van der Waals surface area contributed by atoms with Crippen LogP contribution in [0.1, 0.15) is 46.0 Å². The van der Waals surface area contributed by atoms with Gasteiger partial charge < -0.3 is 9.47 Å². The van der Waals surface area contributed by atoms with Gasteiger partial charge in [-0.2, -0.15) is 0 Å². The predicted octanol–water partition coefficient (Wildman–Crippen LogP) is 3.35. The van der Waals surface area contributed by atoms with Crippen LogP contribution in [0.15, 0.2) is 0 Å². The number of carbonyl (C=O) groups is 2. The second-order valence-corrected chi connectivity index (χ2v) is 5.34. The second kappa shape index (κ2) is 7.58. The molecule has 0 aromatic carbocycles. The normalized spacial score (nSPS) is 18.5. The van der Waals surface area contributed by atoms with E-state index >= 15 is 0 Å². The highest BCUT2D eigenvalue weighted by Gasteiger charge is 2.24. The summed E-state index contributed by atoms with van der Waals surface area (Å²) in [6.45, 7) is 3.44. The van der Waals surface area contributed by atoms with Crippen LogP contribution in [0.5, 0.6) is 0 Å². The molecule has 0 bridgehead atoms. The maximum atomic E-state index is 11.7. The zero-order valence-corrected chi connectivity index (χ0v) is 11.3. The van der Waals surface area contributed by atoms with Gasteiger partial charge in [-0.1, -0.05) is 26.2 Å². The van der Waals surface area contributed by atoms with Crippen LogP contribution in [-0.2, 0) is 14.3 Å². The molecular weight excluding hydrogens is 240 g/mol. The summed E-state index contributed by atoms with van der Waals surface area (Å²) in [6, 6.07) is 0. The minimum Gasteiger partial charge on any atom is -0.425 e. The Morgan fingerprint density at radius 3 is 2.47 bits per heavy atom. The summed E-state index contributed by atoms with van der Waals surface area (Å²) in [5.74, 6) is 0.414. The zero-order valence-electron chi connectivity index (χ0n) is 10.4. The van der Waals surface area contributed by atoms with Crippen LogP contribution in [0.3, 0.4) is 0 Å². The monoisotopic (exact) mass is 260 g/mol. The Balaban J connectivity index is 2.26. The van der Waals surface area contributed by atoms with Crippen molar-refractivity contribution in [3.63, 3.8) is 0 Å². The fourth-order valence-electron chi connectivity index (χ4n) is 1.91. The lowest BCUT2D eigenvalue weighted by Gasteiger charge is -2.22. The molecular formula is C12H20O4S. The standard InChI is InChI=1S/C12H20O4S/c1-3-17-12(14)16-9(2)15-11(13)10-7-5-4-6-8-10/h9-10H,3-8H2,1-2H3. The highest BCUT2D eigenvalue weighted by molar-refractivity contribution is 8.13. The van der Waals surface area contributed by atoms with Gasteiger partial charge in [-0.15, -0.1) is 0 Å². The minimum atomic E-state index is -0.782. The molecule has 1 unspecified atom stereocenters. The molecule has 0 N–H and O–H groups in total. The summed E-state index contributed by atoms with van der Waals surface area (Å²) >= 11 is 1.07. The zero-order chi connectivity index (χ0) is 12.7. The van der Waals surface area contributed by atoms with Crippen molar-refractivity contribution in [1.29, 1.82) is 0 Å². The van der Waals surface area contributed by atoms with Crippen molar-refractivity contribution in [1.82, 2.24) is 0 Å². The van der Waals surface area contributed by atoms with E-state index in [4.69, 9.17) is 9.47 Å². The number of esters is 1. The quantitative estimate of drug-likeness (QED) is 0.573. The summed E-state index contributed by atoms with van der Waals surface area (Å²) < 4.78 is 10.0. The van der Waals surface area contributed by atoms with E-state index in [0.29, 0.717) is 5.75 Å². The topological polar surface area (TPSA) is 52.6 Å². The number of hydrogen-bond donors (Lipinski definition) is 0. The molecule has 0 aliphatic heterocycles. The molecule has 4 nitrogen and oxygen atoms in total. The van der Waals surface area contributed by atoms with Gasteiger partial charge in [0.25, 0.3) is 0 Å². The molecule has 17 heavy (non-hydrogen) atoms. The lowest BCUT2D eigenvalue weighted by Crippen LogP contribution is -2.26. The first-order valence-corrected chi connectivity index (χ1v) is 7.16. The lowest BCUT2D eigenvalue weighted by atomic mass is 9.89. The maximum absolute atomic E-state index is 11.7. The third-order valence-corrected chi connectivity index (χ3v) is 3.37. The van der Waals surface area contributed by atoms with E-state index in [-0.39, 0.29) is 11.9 Å². The van der Waals surface area contributed by atoms with Crippen molar-refractivity contribution in [2.75, 3.05) is 5.75 Å². The number of ether oxygens (including phenoxy) is 2. The molecule has 98 valence electrons. The average Bonchev–Trinajstić information content (AvgIpc) is 2.30. The number of thioether (sulfide) groups is 1. The molecule has 0 spiro atoms. The van der Waals surface area contributed by atoms with Crippen molar-refractivity contribution in [2.45, 2.75) is 52.2 Å². The van der Waals surface area contributed by atoms with Gasteiger partial charge in [0.1, 0.15) is 0 Å². The predicted molar refractivity (Wildman–Crippen MR) is 66.7 cm³/mol. The Bertz CT molecular complexity index is 261. The second-order valence-electron chi connectivity index (χ2n) is 4.14. The third kappa shape index (κ3) is 5.44.